The van der Waals surface area contributed by atoms with Crippen molar-refractivity contribution in [3.8, 4) is 0 Å². The number of carbonyl (C=O) groups excluding carboxylic acids is 1. The van der Waals surface area contributed by atoms with Gasteiger partial charge in [-0.25, -0.2) is 0 Å². The number of nitrogens with two attached hydrogens (primary N) is 1. The van der Waals surface area contributed by atoms with Crippen LogP contribution in [-0.2, 0) is 9.53 Å². The molecule has 1 saturated carbocycles. The molecule has 2 N–H and O–H groups in total. The Hall–Kier alpha value is -1.39. The van der Waals surface area contributed by atoms with Crippen LogP contribution < -0.4 is 5.73 Å². The number of amides is 1. The van der Waals surface area contributed by atoms with Crippen molar-refractivity contribution in [1.82, 2.24) is 4.90 Å². The van der Waals surface area contributed by atoms with Gasteiger partial charge in [0, 0.05) is 19.0 Å². The van der Waals surface area contributed by atoms with Crippen molar-refractivity contribution in [2.75, 3.05) is 13.2 Å². The molecular formula is C18H26N2O2. The Balaban J connectivity index is 1.73. The number of ether oxygens (including phenoxy) is 1. The topological polar surface area (TPSA) is 55.6 Å². The van der Waals surface area contributed by atoms with Gasteiger partial charge in [-0.1, -0.05) is 36.8 Å². The molecule has 0 radical (unpaired) electrons. The van der Waals surface area contributed by atoms with Crippen LogP contribution in [0.5, 0.6) is 0 Å². The Morgan fingerprint density at radius 2 is 2.09 bits per heavy atom. The number of hydrogen-bond donors (Lipinski definition) is 1. The third-order valence-electron chi connectivity index (χ3n) is 5.03. The van der Waals surface area contributed by atoms with Gasteiger partial charge in [-0.05, 0) is 31.2 Å². The van der Waals surface area contributed by atoms with Crippen molar-refractivity contribution in [3.63, 3.8) is 0 Å². The van der Waals surface area contributed by atoms with Gasteiger partial charge >= 0.3 is 0 Å². The normalized spacial score (nSPS) is 32.2. The highest BCUT2D eigenvalue weighted by atomic mass is 16.5. The van der Waals surface area contributed by atoms with E-state index in [-0.39, 0.29) is 24.1 Å². The molecule has 2 fully saturated rings. The highest BCUT2D eigenvalue weighted by molar-refractivity contribution is 5.77. The second kappa shape index (κ2) is 6.80. The van der Waals surface area contributed by atoms with Crippen LogP contribution in [0.3, 0.4) is 0 Å². The largest absolute Gasteiger partial charge is 0.374 e. The van der Waals surface area contributed by atoms with Gasteiger partial charge in [0.1, 0.15) is 0 Å². The molecule has 0 aromatic heterocycles. The molecule has 1 amide bonds. The Morgan fingerprint density at radius 1 is 1.32 bits per heavy atom. The SMILES string of the molecule is CC1CN(C(=O)C[C@@H]2CCC[C@H]2N)C(c2ccccc2)CO1. The third kappa shape index (κ3) is 3.33. The maximum absolute atomic E-state index is 12.8. The zero-order valence-electron chi connectivity index (χ0n) is 13.3. The van der Waals surface area contributed by atoms with E-state index in [1.54, 1.807) is 0 Å². The first-order valence-electron chi connectivity index (χ1n) is 8.36. The predicted octanol–water partition coefficient (Wildman–Crippen LogP) is 2.49. The van der Waals surface area contributed by atoms with Crippen molar-refractivity contribution < 1.29 is 9.53 Å². The van der Waals surface area contributed by atoms with E-state index < -0.39 is 0 Å². The fourth-order valence-electron chi connectivity index (χ4n) is 3.69. The second-order valence-electron chi connectivity index (χ2n) is 6.68. The molecule has 22 heavy (non-hydrogen) atoms. The molecule has 4 heteroatoms. The van der Waals surface area contributed by atoms with E-state index in [1.807, 2.05) is 30.0 Å². The summed E-state index contributed by atoms with van der Waals surface area (Å²) in [5, 5.41) is 0. The highest BCUT2D eigenvalue weighted by Crippen LogP contribution is 2.31. The average Bonchev–Trinajstić information content (AvgIpc) is 2.93. The van der Waals surface area contributed by atoms with Crippen LogP contribution >= 0.6 is 0 Å². The number of morpholine rings is 1. The summed E-state index contributed by atoms with van der Waals surface area (Å²) >= 11 is 0. The molecule has 1 saturated heterocycles. The van der Waals surface area contributed by atoms with Crippen molar-refractivity contribution in [2.45, 2.75) is 50.8 Å². The molecule has 0 bridgehead atoms. The number of nitrogens with zero attached hydrogens (tertiary/aromatic N) is 1. The molecule has 1 aromatic carbocycles. The van der Waals surface area contributed by atoms with E-state index in [0.29, 0.717) is 25.5 Å². The summed E-state index contributed by atoms with van der Waals surface area (Å²) < 4.78 is 5.80. The Bertz CT molecular complexity index is 505. The predicted molar refractivity (Wildman–Crippen MR) is 86.2 cm³/mol. The minimum Gasteiger partial charge on any atom is -0.374 e. The molecule has 120 valence electrons. The standard InChI is InChI=1S/C18H26N2O2/c1-13-11-20(18(21)10-15-8-5-9-16(15)19)17(12-22-13)14-6-3-2-4-7-14/h2-4,6-7,13,15-17H,5,8-12,19H2,1H3/t13?,15-,16+,17?/m0/s1. The quantitative estimate of drug-likeness (QED) is 0.933. The van der Waals surface area contributed by atoms with Crippen LogP contribution in [-0.4, -0.2) is 36.1 Å². The number of benzene rings is 1. The van der Waals surface area contributed by atoms with Crippen molar-refractivity contribution in [1.29, 1.82) is 0 Å². The summed E-state index contributed by atoms with van der Waals surface area (Å²) in [5.74, 6) is 0.577. The summed E-state index contributed by atoms with van der Waals surface area (Å²) in [6.07, 6.45) is 3.97. The maximum Gasteiger partial charge on any atom is 0.223 e. The van der Waals surface area contributed by atoms with E-state index in [0.717, 1.165) is 24.8 Å². The zero-order valence-corrected chi connectivity index (χ0v) is 13.3. The van der Waals surface area contributed by atoms with Gasteiger partial charge in [0.2, 0.25) is 5.91 Å². The lowest BCUT2D eigenvalue weighted by atomic mass is 9.97. The fraction of sp³-hybridized carbons (Fsp3) is 0.611. The molecule has 1 aliphatic carbocycles. The van der Waals surface area contributed by atoms with Gasteiger partial charge in [0.15, 0.2) is 0 Å². The molecule has 1 heterocycles. The third-order valence-corrected chi connectivity index (χ3v) is 5.03. The molecule has 2 unspecified atom stereocenters. The smallest absolute Gasteiger partial charge is 0.223 e. The Morgan fingerprint density at radius 3 is 2.77 bits per heavy atom. The van der Waals surface area contributed by atoms with Crippen LogP contribution in [0.1, 0.15) is 44.2 Å². The first kappa shape index (κ1) is 15.5. The molecule has 1 aliphatic heterocycles. The van der Waals surface area contributed by atoms with E-state index in [1.165, 1.54) is 0 Å². The first-order chi connectivity index (χ1) is 10.6. The molecule has 2 aliphatic rings. The van der Waals surface area contributed by atoms with Crippen LogP contribution in [0.4, 0.5) is 0 Å². The van der Waals surface area contributed by atoms with Gasteiger partial charge in [-0.3, -0.25) is 4.79 Å². The minimum atomic E-state index is 0.0301. The second-order valence-corrected chi connectivity index (χ2v) is 6.68. The lowest BCUT2D eigenvalue weighted by Crippen LogP contribution is -2.47. The summed E-state index contributed by atoms with van der Waals surface area (Å²) in [4.78, 5) is 14.9. The molecule has 0 spiro atoms. The molecule has 3 rings (SSSR count). The average molecular weight is 302 g/mol. The highest BCUT2D eigenvalue weighted by Gasteiger charge is 2.34. The van der Waals surface area contributed by atoms with Gasteiger partial charge in [0.05, 0.1) is 18.8 Å². The van der Waals surface area contributed by atoms with Crippen LogP contribution in [0, 0.1) is 5.92 Å². The van der Waals surface area contributed by atoms with E-state index in [9.17, 15) is 4.79 Å². The summed E-state index contributed by atoms with van der Waals surface area (Å²) in [6, 6.07) is 10.4. The van der Waals surface area contributed by atoms with Gasteiger partial charge < -0.3 is 15.4 Å². The minimum absolute atomic E-state index is 0.0301. The fourth-order valence-corrected chi connectivity index (χ4v) is 3.69. The summed E-state index contributed by atoms with van der Waals surface area (Å²) in [6.45, 7) is 3.27. The molecular weight excluding hydrogens is 276 g/mol. The van der Waals surface area contributed by atoms with E-state index in [2.05, 4.69) is 12.1 Å². The first-order valence-corrected chi connectivity index (χ1v) is 8.36. The molecule has 1 aromatic rings. The van der Waals surface area contributed by atoms with Crippen LogP contribution in [0.15, 0.2) is 30.3 Å². The number of carbonyl (C=O) groups is 1. The van der Waals surface area contributed by atoms with Crippen LogP contribution in [0.2, 0.25) is 0 Å². The Kier molecular flexibility index (Phi) is 4.79. The summed E-state index contributed by atoms with van der Waals surface area (Å²) in [7, 11) is 0. The van der Waals surface area contributed by atoms with Gasteiger partial charge in [-0.2, -0.15) is 0 Å². The van der Waals surface area contributed by atoms with Crippen molar-refractivity contribution in [3.05, 3.63) is 35.9 Å². The van der Waals surface area contributed by atoms with Gasteiger partial charge in [0.25, 0.3) is 0 Å². The Labute approximate surface area is 132 Å². The van der Waals surface area contributed by atoms with E-state index in [4.69, 9.17) is 10.5 Å². The van der Waals surface area contributed by atoms with Crippen molar-refractivity contribution in [2.24, 2.45) is 11.7 Å². The van der Waals surface area contributed by atoms with E-state index >= 15 is 0 Å². The lowest BCUT2D eigenvalue weighted by molar-refractivity contribution is -0.145. The number of rotatable bonds is 3. The summed E-state index contributed by atoms with van der Waals surface area (Å²) in [5.41, 5.74) is 7.29. The molecule has 4 atom stereocenters. The van der Waals surface area contributed by atoms with Crippen molar-refractivity contribution >= 4 is 5.91 Å². The van der Waals surface area contributed by atoms with Crippen LogP contribution in [0.25, 0.3) is 0 Å². The zero-order chi connectivity index (χ0) is 15.5. The lowest BCUT2D eigenvalue weighted by Gasteiger charge is -2.39. The number of hydrogen-bond acceptors (Lipinski definition) is 3. The maximum atomic E-state index is 12.8. The van der Waals surface area contributed by atoms with Gasteiger partial charge in [-0.15, -0.1) is 0 Å². The molecule has 4 nitrogen and oxygen atoms in total. The monoisotopic (exact) mass is 302 g/mol.